The van der Waals surface area contributed by atoms with Gasteiger partial charge in [-0.25, -0.2) is 0 Å². The van der Waals surface area contributed by atoms with Crippen molar-refractivity contribution < 1.29 is 4.79 Å². The molecule has 0 spiro atoms. The molecule has 0 atom stereocenters. The number of aryl methyl sites for hydroxylation is 2. The molecule has 2 rings (SSSR count). The SMILES string of the molecule is CCn1nc(C)c(CN(C)C(=O)c2ccc(Br)cc2)c1C. The average molecular weight is 350 g/mol. The summed E-state index contributed by atoms with van der Waals surface area (Å²) in [5.74, 6) is 0.0190. The number of nitrogens with zero attached hydrogens (tertiary/aromatic N) is 3. The lowest BCUT2D eigenvalue weighted by molar-refractivity contribution is 0.0784. The summed E-state index contributed by atoms with van der Waals surface area (Å²) < 4.78 is 2.94. The second kappa shape index (κ2) is 6.43. The van der Waals surface area contributed by atoms with E-state index in [9.17, 15) is 4.79 Å². The molecule has 1 heterocycles. The topological polar surface area (TPSA) is 38.1 Å². The minimum atomic E-state index is 0.0190. The van der Waals surface area contributed by atoms with Crippen LogP contribution in [0.5, 0.6) is 0 Å². The first-order valence-corrected chi connectivity index (χ1v) is 7.77. The van der Waals surface area contributed by atoms with Crippen molar-refractivity contribution in [2.45, 2.75) is 33.9 Å². The molecular formula is C16H20BrN3O. The number of rotatable bonds is 4. The number of halogens is 1. The predicted octanol–water partition coefficient (Wildman–Crippen LogP) is 3.55. The largest absolute Gasteiger partial charge is 0.337 e. The molecule has 0 radical (unpaired) electrons. The molecule has 0 aliphatic heterocycles. The molecule has 2 aromatic rings. The van der Waals surface area contributed by atoms with Crippen molar-refractivity contribution >= 4 is 21.8 Å². The maximum Gasteiger partial charge on any atom is 0.253 e. The van der Waals surface area contributed by atoms with Crippen LogP contribution in [0.25, 0.3) is 0 Å². The molecule has 4 nitrogen and oxygen atoms in total. The van der Waals surface area contributed by atoms with Crippen LogP contribution in [-0.4, -0.2) is 27.6 Å². The van der Waals surface area contributed by atoms with E-state index in [1.165, 1.54) is 0 Å². The van der Waals surface area contributed by atoms with Gasteiger partial charge in [-0.05, 0) is 45.0 Å². The molecule has 112 valence electrons. The fraction of sp³-hybridized carbons (Fsp3) is 0.375. The second-order valence-corrected chi connectivity index (χ2v) is 6.05. The molecular weight excluding hydrogens is 330 g/mol. The summed E-state index contributed by atoms with van der Waals surface area (Å²) in [6.07, 6.45) is 0. The highest BCUT2D eigenvalue weighted by Gasteiger charge is 2.17. The summed E-state index contributed by atoms with van der Waals surface area (Å²) in [6.45, 7) is 7.53. The summed E-state index contributed by atoms with van der Waals surface area (Å²) >= 11 is 3.38. The summed E-state index contributed by atoms with van der Waals surface area (Å²) in [6, 6.07) is 7.43. The van der Waals surface area contributed by atoms with Gasteiger partial charge in [-0.15, -0.1) is 0 Å². The van der Waals surface area contributed by atoms with Gasteiger partial charge in [0.05, 0.1) is 5.69 Å². The average Bonchev–Trinajstić information content (AvgIpc) is 2.74. The Bertz CT molecular complexity index is 646. The normalized spacial score (nSPS) is 10.7. The molecule has 1 amide bonds. The lowest BCUT2D eigenvalue weighted by Crippen LogP contribution is -2.26. The fourth-order valence-electron chi connectivity index (χ4n) is 2.39. The molecule has 0 N–H and O–H groups in total. The number of benzene rings is 1. The third kappa shape index (κ3) is 3.35. The van der Waals surface area contributed by atoms with Gasteiger partial charge in [0.25, 0.3) is 5.91 Å². The number of amides is 1. The molecule has 1 aromatic heterocycles. The lowest BCUT2D eigenvalue weighted by Gasteiger charge is -2.17. The molecule has 5 heteroatoms. The highest BCUT2D eigenvalue weighted by Crippen LogP contribution is 2.17. The summed E-state index contributed by atoms with van der Waals surface area (Å²) in [7, 11) is 1.83. The quantitative estimate of drug-likeness (QED) is 0.846. The maximum absolute atomic E-state index is 12.4. The Kier molecular flexibility index (Phi) is 4.83. The van der Waals surface area contributed by atoms with E-state index in [4.69, 9.17) is 0 Å². The van der Waals surface area contributed by atoms with Crippen molar-refractivity contribution in [2.75, 3.05) is 7.05 Å². The van der Waals surface area contributed by atoms with Gasteiger partial charge in [-0.3, -0.25) is 9.48 Å². The minimum Gasteiger partial charge on any atom is -0.337 e. The number of aromatic nitrogens is 2. The van der Waals surface area contributed by atoms with Crippen molar-refractivity contribution in [1.29, 1.82) is 0 Å². The van der Waals surface area contributed by atoms with E-state index in [0.717, 1.165) is 28.0 Å². The van der Waals surface area contributed by atoms with Gasteiger partial charge in [0, 0.05) is 41.4 Å². The van der Waals surface area contributed by atoms with Crippen LogP contribution in [0.15, 0.2) is 28.7 Å². The number of hydrogen-bond donors (Lipinski definition) is 0. The zero-order chi connectivity index (χ0) is 15.6. The molecule has 0 bridgehead atoms. The van der Waals surface area contributed by atoms with Crippen LogP contribution in [0.2, 0.25) is 0 Å². The van der Waals surface area contributed by atoms with Crippen LogP contribution in [0.4, 0.5) is 0 Å². The van der Waals surface area contributed by atoms with E-state index in [1.807, 2.05) is 42.9 Å². The van der Waals surface area contributed by atoms with Crippen molar-refractivity contribution in [1.82, 2.24) is 14.7 Å². The Morgan fingerprint density at radius 3 is 2.43 bits per heavy atom. The first-order valence-electron chi connectivity index (χ1n) is 6.98. The van der Waals surface area contributed by atoms with Crippen molar-refractivity contribution in [3.8, 4) is 0 Å². The monoisotopic (exact) mass is 349 g/mol. The third-order valence-corrected chi connectivity index (χ3v) is 4.19. The summed E-state index contributed by atoms with van der Waals surface area (Å²) in [5, 5.41) is 4.50. The number of carbonyl (C=O) groups is 1. The Labute approximate surface area is 133 Å². The van der Waals surface area contributed by atoms with Gasteiger partial charge in [0.1, 0.15) is 0 Å². The maximum atomic E-state index is 12.4. The van der Waals surface area contributed by atoms with Gasteiger partial charge >= 0.3 is 0 Å². The second-order valence-electron chi connectivity index (χ2n) is 5.13. The number of hydrogen-bond acceptors (Lipinski definition) is 2. The lowest BCUT2D eigenvalue weighted by atomic mass is 10.1. The van der Waals surface area contributed by atoms with Gasteiger partial charge in [-0.2, -0.15) is 5.10 Å². The van der Waals surface area contributed by atoms with E-state index in [2.05, 4.69) is 34.9 Å². The summed E-state index contributed by atoms with van der Waals surface area (Å²) in [5.41, 5.74) is 3.94. The zero-order valence-electron chi connectivity index (χ0n) is 12.9. The Hall–Kier alpha value is -1.62. The van der Waals surface area contributed by atoms with Crippen LogP contribution in [0.3, 0.4) is 0 Å². The van der Waals surface area contributed by atoms with E-state index in [1.54, 1.807) is 4.90 Å². The highest BCUT2D eigenvalue weighted by molar-refractivity contribution is 9.10. The Morgan fingerprint density at radius 1 is 1.29 bits per heavy atom. The van der Waals surface area contributed by atoms with Gasteiger partial charge in [0.2, 0.25) is 0 Å². The van der Waals surface area contributed by atoms with Gasteiger partial charge in [-0.1, -0.05) is 15.9 Å². The molecule has 21 heavy (non-hydrogen) atoms. The van der Waals surface area contributed by atoms with Crippen LogP contribution in [0, 0.1) is 13.8 Å². The van der Waals surface area contributed by atoms with Crippen molar-refractivity contribution in [2.24, 2.45) is 0 Å². The van der Waals surface area contributed by atoms with Crippen LogP contribution >= 0.6 is 15.9 Å². The van der Waals surface area contributed by atoms with Crippen LogP contribution < -0.4 is 0 Å². The smallest absolute Gasteiger partial charge is 0.253 e. The van der Waals surface area contributed by atoms with E-state index >= 15 is 0 Å². The van der Waals surface area contributed by atoms with Crippen LogP contribution in [-0.2, 0) is 13.1 Å². The van der Waals surface area contributed by atoms with Crippen molar-refractivity contribution in [3.63, 3.8) is 0 Å². The van der Waals surface area contributed by atoms with Gasteiger partial charge < -0.3 is 4.90 Å². The fourth-order valence-corrected chi connectivity index (χ4v) is 2.66. The number of carbonyl (C=O) groups excluding carboxylic acids is 1. The first kappa shape index (κ1) is 15.8. The standard InChI is InChI=1S/C16H20BrN3O/c1-5-20-12(3)15(11(2)18-20)10-19(4)16(21)13-6-8-14(17)9-7-13/h6-9H,5,10H2,1-4H3. The van der Waals surface area contributed by atoms with E-state index in [0.29, 0.717) is 12.1 Å². The molecule has 0 saturated heterocycles. The molecule has 0 unspecified atom stereocenters. The zero-order valence-corrected chi connectivity index (χ0v) is 14.4. The van der Waals surface area contributed by atoms with Crippen LogP contribution in [0.1, 0.15) is 34.2 Å². The summed E-state index contributed by atoms with van der Waals surface area (Å²) in [4.78, 5) is 14.2. The molecule has 0 saturated carbocycles. The van der Waals surface area contributed by atoms with E-state index in [-0.39, 0.29) is 5.91 Å². The Morgan fingerprint density at radius 2 is 1.90 bits per heavy atom. The first-order chi connectivity index (χ1) is 9.93. The molecule has 0 aliphatic rings. The Balaban J connectivity index is 2.18. The molecule has 1 aromatic carbocycles. The molecule has 0 fully saturated rings. The van der Waals surface area contributed by atoms with E-state index < -0.39 is 0 Å². The minimum absolute atomic E-state index is 0.0190. The third-order valence-electron chi connectivity index (χ3n) is 3.66. The van der Waals surface area contributed by atoms with Gasteiger partial charge in [0.15, 0.2) is 0 Å². The highest BCUT2D eigenvalue weighted by atomic mass is 79.9. The van der Waals surface area contributed by atoms with Crippen molar-refractivity contribution in [3.05, 3.63) is 51.3 Å². The molecule has 0 aliphatic carbocycles. The predicted molar refractivity (Wildman–Crippen MR) is 87.3 cm³/mol.